The summed E-state index contributed by atoms with van der Waals surface area (Å²) in [7, 11) is 4.86. The molecule has 72 valence electrons. The van der Waals surface area contributed by atoms with Crippen molar-refractivity contribution < 1.29 is 19.5 Å². The summed E-state index contributed by atoms with van der Waals surface area (Å²) in [4.78, 5) is 1.86. The zero-order valence-corrected chi connectivity index (χ0v) is 7.74. The Morgan fingerprint density at radius 1 is 1.50 bits per heavy atom. The molecule has 0 fully saturated rings. The summed E-state index contributed by atoms with van der Waals surface area (Å²) in [5.41, 5.74) is 0. The van der Waals surface area contributed by atoms with Crippen molar-refractivity contribution in [2.45, 2.75) is 0 Å². The highest BCUT2D eigenvalue weighted by atomic mass is 16.5. The molecule has 0 rings (SSSR count). The minimum absolute atomic E-state index is 0.769. The fraction of sp³-hybridized carbons (Fsp3) is 0.800. The van der Waals surface area contributed by atoms with Gasteiger partial charge in [0.2, 0.25) is 0 Å². The molecule has 2 amide bonds. The molecule has 12 heavy (non-hydrogen) atoms. The molecule has 0 unspecified atom stereocenters. The molecule has 0 saturated heterocycles. The molecule has 0 aromatic carbocycles. The van der Waals surface area contributed by atoms with Crippen LogP contribution in [0.4, 0.5) is 4.42 Å². The number of amides is 2. The Hall–Kier alpha value is -0.785. The van der Waals surface area contributed by atoms with Crippen LogP contribution in [0.3, 0.4) is 0 Å². The highest BCUT2D eigenvalue weighted by Gasteiger charge is 2.06. The van der Waals surface area contributed by atoms with Crippen molar-refractivity contribution in [3.05, 3.63) is 0 Å². The summed E-state index contributed by atoms with van der Waals surface area (Å²) in [5.74, 6) is 0. The van der Waals surface area contributed by atoms with Crippen LogP contribution in [0.1, 0.15) is 0 Å². The first-order valence-electron chi connectivity index (χ1n) is 3.23. The molecule has 0 atom stereocenters. The van der Waals surface area contributed by atoms with Gasteiger partial charge >= 0.3 is 13.4 Å². The molecule has 0 heterocycles. The number of urea groups is 1. The Bertz CT molecular complexity index is 126. The van der Waals surface area contributed by atoms with Crippen molar-refractivity contribution in [3.8, 4) is 0 Å². The molecule has 0 aromatic rings. The average molecular weight is 178 g/mol. The summed E-state index contributed by atoms with van der Waals surface area (Å²) in [6, 6.07) is 0.769. The third-order valence-corrected chi connectivity index (χ3v) is 0.813. The molecule has 0 aromatic heterocycles. The van der Waals surface area contributed by atoms with Gasteiger partial charge in [-0.2, -0.15) is 0 Å². The molecular formula is C5H15BN2O4. The summed E-state index contributed by atoms with van der Waals surface area (Å²) >= 11 is 0. The highest BCUT2D eigenvalue weighted by Crippen LogP contribution is 1.78. The number of nitrogens with zero attached hydrogens (tertiary/aromatic N) is 1. The summed E-state index contributed by atoms with van der Waals surface area (Å²) in [6.07, 6.45) is 0. The normalized spacial score (nSPS) is 9.75. The largest absolute Gasteiger partial charge is 0.832 e. The fourth-order valence-electron chi connectivity index (χ4n) is 0.508. The van der Waals surface area contributed by atoms with Crippen LogP contribution in [-0.4, -0.2) is 56.6 Å². The molecule has 7 heteroatoms. The van der Waals surface area contributed by atoms with Crippen LogP contribution < -0.4 is 10.3 Å². The van der Waals surface area contributed by atoms with Crippen LogP contribution in [-0.2, 0) is 0 Å². The molecule has 0 aliphatic heterocycles. The van der Waals surface area contributed by atoms with Crippen LogP contribution in [0.15, 0.2) is 0 Å². The quantitative estimate of drug-likeness (QED) is 0.280. The minimum atomic E-state index is -2.42. The SMILES string of the molecule is CNC(=[O+]C)N(C)C.[O-]B(O)O. The van der Waals surface area contributed by atoms with E-state index in [-0.39, 0.29) is 0 Å². The van der Waals surface area contributed by atoms with Gasteiger partial charge in [-0.1, -0.05) is 0 Å². The first kappa shape index (κ1) is 13.8. The molecular weight excluding hydrogens is 163 g/mol. The second-order valence-electron chi connectivity index (χ2n) is 1.98. The zero-order chi connectivity index (χ0) is 10.1. The van der Waals surface area contributed by atoms with Crippen molar-refractivity contribution >= 4 is 13.4 Å². The van der Waals surface area contributed by atoms with Crippen LogP contribution in [0, 0.1) is 0 Å². The molecule has 0 bridgehead atoms. The molecule has 0 saturated carbocycles. The van der Waals surface area contributed by atoms with E-state index in [2.05, 4.69) is 5.32 Å². The van der Waals surface area contributed by atoms with Gasteiger partial charge < -0.3 is 15.1 Å². The van der Waals surface area contributed by atoms with Gasteiger partial charge in [-0.05, 0) is 0 Å². The van der Waals surface area contributed by atoms with Gasteiger partial charge in [0.05, 0.1) is 0 Å². The predicted octanol–water partition coefficient (Wildman–Crippen LogP) is -2.63. The van der Waals surface area contributed by atoms with Crippen molar-refractivity contribution in [1.29, 1.82) is 0 Å². The van der Waals surface area contributed by atoms with Gasteiger partial charge in [0.1, 0.15) is 0 Å². The van der Waals surface area contributed by atoms with E-state index in [9.17, 15) is 0 Å². The molecule has 3 N–H and O–H groups in total. The Morgan fingerprint density at radius 2 is 1.83 bits per heavy atom. The van der Waals surface area contributed by atoms with E-state index in [1.54, 1.807) is 7.11 Å². The number of hydrogen-bond donors (Lipinski definition) is 3. The van der Waals surface area contributed by atoms with Gasteiger partial charge in [-0.15, -0.1) is 0 Å². The number of hydrogen-bond acceptors (Lipinski definition) is 3. The Kier molecular flexibility index (Phi) is 9.55. The monoisotopic (exact) mass is 178 g/mol. The smallest absolute Gasteiger partial charge is 0.501 e. The molecule has 0 aliphatic rings. The second-order valence-corrected chi connectivity index (χ2v) is 1.98. The predicted molar refractivity (Wildman–Crippen MR) is 44.3 cm³/mol. The van der Waals surface area contributed by atoms with Gasteiger partial charge in [-0.3, -0.25) is 10.2 Å². The summed E-state index contributed by atoms with van der Waals surface area (Å²) in [5, 5.41) is 25.6. The van der Waals surface area contributed by atoms with Gasteiger partial charge in [0, 0.05) is 21.1 Å². The van der Waals surface area contributed by atoms with E-state index in [4.69, 9.17) is 19.5 Å². The summed E-state index contributed by atoms with van der Waals surface area (Å²) in [6.45, 7) is 0. The van der Waals surface area contributed by atoms with Gasteiger partial charge in [-0.25, -0.2) is 4.42 Å². The van der Waals surface area contributed by atoms with Crippen LogP contribution in [0.2, 0.25) is 0 Å². The van der Waals surface area contributed by atoms with Crippen molar-refractivity contribution in [2.75, 3.05) is 28.3 Å². The van der Waals surface area contributed by atoms with Gasteiger partial charge in [0.25, 0.3) is 7.11 Å². The second kappa shape index (κ2) is 8.31. The van der Waals surface area contributed by atoms with E-state index in [0.29, 0.717) is 0 Å². The van der Waals surface area contributed by atoms with Crippen LogP contribution in [0.5, 0.6) is 0 Å². The topological polar surface area (TPSA) is 90.1 Å². The van der Waals surface area contributed by atoms with Crippen molar-refractivity contribution in [2.24, 2.45) is 0 Å². The van der Waals surface area contributed by atoms with Crippen molar-refractivity contribution in [3.63, 3.8) is 0 Å². The molecule has 0 radical (unpaired) electrons. The van der Waals surface area contributed by atoms with E-state index < -0.39 is 7.32 Å². The molecule has 0 spiro atoms. The third-order valence-electron chi connectivity index (χ3n) is 0.813. The maximum absolute atomic E-state index is 8.64. The Balaban J connectivity index is 0. The number of carbonyl (C=O) groups excluding carboxylic acids is 1. The van der Waals surface area contributed by atoms with Crippen LogP contribution in [0.25, 0.3) is 0 Å². The zero-order valence-electron chi connectivity index (χ0n) is 7.74. The lowest BCUT2D eigenvalue weighted by Gasteiger charge is -2.02. The Labute approximate surface area is 72.3 Å². The van der Waals surface area contributed by atoms with E-state index >= 15 is 0 Å². The molecule has 6 nitrogen and oxygen atoms in total. The lowest BCUT2D eigenvalue weighted by molar-refractivity contribution is -0.242. The minimum Gasteiger partial charge on any atom is -0.832 e. The van der Waals surface area contributed by atoms with E-state index in [1.807, 2.05) is 26.0 Å². The standard InChI is InChI=1S/C5H13N2O.BH2O3/c1-6-5(8-4)7(2)3;2-1(3)4/h6H,1-4H3;2-3H/q+1;-1. The third kappa shape index (κ3) is 11.9. The van der Waals surface area contributed by atoms with Crippen LogP contribution >= 0.6 is 0 Å². The first-order chi connectivity index (χ1) is 5.45. The maximum atomic E-state index is 8.64. The first-order valence-corrected chi connectivity index (χ1v) is 3.23. The Morgan fingerprint density at radius 3 is 1.83 bits per heavy atom. The average Bonchev–Trinajstić information content (AvgIpc) is 1.87. The summed E-state index contributed by atoms with van der Waals surface area (Å²) < 4.78 is 4.89. The molecule has 0 aliphatic carbocycles. The highest BCUT2D eigenvalue weighted by molar-refractivity contribution is 6.28. The number of nitrogens with one attached hydrogen (secondary N) is 1. The van der Waals surface area contributed by atoms with Gasteiger partial charge in [0.15, 0.2) is 0 Å². The van der Waals surface area contributed by atoms with E-state index in [1.165, 1.54) is 0 Å². The number of rotatable bonds is 0. The van der Waals surface area contributed by atoms with E-state index in [0.717, 1.165) is 6.03 Å². The lowest BCUT2D eigenvalue weighted by atomic mass is 10.3. The van der Waals surface area contributed by atoms with Crippen molar-refractivity contribution in [1.82, 2.24) is 10.2 Å². The maximum Gasteiger partial charge on any atom is 0.501 e. The lowest BCUT2D eigenvalue weighted by Crippen LogP contribution is -2.32. The fourth-order valence-corrected chi connectivity index (χ4v) is 0.508.